The zero-order valence-electron chi connectivity index (χ0n) is 10.6. The Morgan fingerprint density at radius 2 is 2.05 bits per heavy atom. The first-order chi connectivity index (χ1) is 9.42. The second-order valence-corrected chi connectivity index (χ2v) is 7.83. The first-order valence-electron chi connectivity index (χ1n) is 6.10. The molecule has 0 spiro atoms. The van der Waals surface area contributed by atoms with Gasteiger partial charge >= 0.3 is 0 Å². The maximum absolute atomic E-state index is 13.7. The van der Waals surface area contributed by atoms with E-state index in [1.807, 2.05) is 0 Å². The fourth-order valence-electron chi connectivity index (χ4n) is 2.07. The maximum Gasteiger partial charge on any atom is 0.241 e. The van der Waals surface area contributed by atoms with Crippen molar-refractivity contribution in [3.8, 4) is 0 Å². The number of rotatable bonds is 4. The zero-order chi connectivity index (χ0) is 14.8. The molecule has 0 radical (unpaired) electrons. The number of hydrogen-bond acceptors (Lipinski definition) is 4. The molecule has 110 valence electrons. The molecule has 1 aliphatic rings. The van der Waals surface area contributed by atoms with Gasteiger partial charge in [-0.05, 0) is 36.5 Å². The monoisotopic (exact) mass is 334 g/mol. The normalized spacial score (nSPS) is 17.1. The molecule has 0 saturated carbocycles. The lowest BCUT2D eigenvalue weighted by Gasteiger charge is -2.23. The second kappa shape index (κ2) is 6.38. The molecular formula is C12H15FN2O2S3. The Labute approximate surface area is 127 Å². The van der Waals surface area contributed by atoms with Crippen LogP contribution in [0.25, 0.3) is 0 Å². The average molecular weight is 334 g/mol. The Morgan fingerprint density at radius 3 is 2.65 bits per heavy atom. The van der Waals surface area contributed by atoms with Gasteiger partial charge in [-0.15, -0.1) is 0 Å². The largest absolute Gasteiger partial charge is 0.389 e. The molecule has 0 aromatic heterocycles. The van der Waals surface area contributed by atoms with E-state index in [9.17, 15) is 12.8 Å². The summed E-state index contributed by atoms with van der Waals surface area (Å²) in [5, 5.41) is 0. The number of nitrogens with two attached hydrogens (primary N) is 1. The van der Waals surface area contributed by atoms with Gasteiger partial charge in [-0.2, -0.15) is 11.8 Å². The van der Waals surface area contributed by atoms with Crippen molar-refractivity contribution in [3.05, 3.63) is 29.6 Å². The molecule has 4 nitrogen and oxygen atoms in total. The molecular weight excluding hydrogens is 319 g/mol. The first kappa shape index (κ1) is 15.7. The fourth-order valence-corrected chi connectivity index (χ4v) is 4.98. The minimum Gasteiger partial charge on any atom is -0.389 e. The minimum atomic E-state index is -3.82. The molecule has 0 bridgehead atoms. The molecule has 1 heterocycles. The summed E-state index contributed by atoms with van der Waals surface area (Å²) in [5.74, 6) is 1.11. The van der Waals surface area contributed by atoms with Crippen LogP contribution in [0.2, 0.25) is 0 Å². The number of sulfonamides is 1. The van der Waals surface area contributed by atoms with E-state index in [1.54, 1.807) is 11.8 Å². The predicted molar refractivity (Wildman–Crippen MR) is 83.0 cm³/mol. The highest BCUT2D eigenvalue weighted by molar-refractivity contribution is 7.99. The number of nitrogens with one attached hydrogen (secondary N) is 1. The average Bonchev–Trinajstić information content (AvgIpc) is 2.38. The summed E-state index contributed by atoms with van der Waals surface area (Å²) < 4.78 is 41.1. The van der Waals surface area contributed by atoms with Crippen molar-refractivity contribution in [2.24, 2.45) is 5.73 Å². The van der Waals surface area contributed by atoms with Crippen LogP contribution in [0, 0.1) is 5.82 Å². The third-order valence-electron chi connectivity index (χ3n) is 3.05. The highest BCUT2D eigenvalue weighted by atomic mass is 32.2. The fraction of sp³-hybridized carbons (Fsp3) is 0.417. The molecule has 0 amide bonds. The van der Waals surface area contributed by atoms with Crippen molar-refractivity contribution in [2.45, 2.75) is 23.8 Å². The third-order valence-corrected chi connectivity index (χ3v) is 5.87. The van der Waals surface area contributed by atoms with Crippen molar-refractivity contribution < 1.29 is 12.8 Å². The zero-order valence-corrected chi connectivity index (χ0v) is 13.1. The lowest BCUT2D eigenvalue weighted by molar-refractivity contribution is 0.527. The molecule has 1 fully saturated rings. The topological polar surface area (TPSA) is 72.2 Å². The number of benzene rings is 1. The Balaban J connectivity index is 2.34. The van der Waals surface area contributed by atoms with Gasteiger partial charge in [-0.1, -0.05) is 18.3 Å². The minimum absolute atomic E-state index is 0.122. The van der Waals surface area contributed by atoms with E-state index >= 15 is 0 Å². The summed E-state index contributed by atoms with van der Waals surface area (Å²) in [6, 6.07) is 3.67. The molecule has 1 aromatic rings. The molecule has 1 aliphatic heterocycles. The SMILES string of the molecule is NC(=S)c1c(F)cccc1S(=O)(=O)NC1CCSCC1. The predicted octanol–water partition coefficient (Wildman–Crippen LogP) is 1.63. The Kier molecular flexibility index (Phi) is 5.00. The van der Waals surface area contributed by atoms with Crippen molar-refractivity contribution in [3.63, 3.8) is 0 Å². The standard InChI is InChI=1S/C12H15FN2O2S3/c13-9-2-1-3-10(11(9)12(14)18)20(16,17)15-8-4-6-19-7-5-8/h1-3,8,15H,4-7H2,(H2,14,18). The van der Waals surface area contributed by atoms with E-state index < -0.39 is 15.8 Å². The van der Waals surface area contributed by atoms with E-state index in [1.165, 1.54) is 12.1 Å². The van der Waals surface area contributed by atoms with Crippen LogP contribution in [0.3, 0.4) is 0 Å². The van der Waals surface area contributed by atoms with Crippen molar-refractivity contribution in [2.75, 3.05) is 11.5 Å². The summed E-state index contributed by atoms with van der Waals surface area (Å²) in [7, 11) is -3.82. The van der Waals surface area contributed by atoms with Gasteiger partial charge in [0, 0.05) is 6.04 Å². The lowest BCUT2D eigenvalue weighted by Crippen LogP contribution is -2.38. The highest BCUT2D eigenvalue weighted by Crippen LogP contribution is 2.22. The lowest BCUT2D eigenvalue weighted by atomic mass is 10.2. The van der Waals surface area contributed by atoms with Crippen LogP contribution in [0.1, 0.15) is 18.4 Å². The molecule has 8 heteroatoms. The van der Waals surface area contributed by atoms with Gasteiger partial charge in [-0.3, -0.25) is 0 Å². The molecule has 0 aliphatic carbocycles. The summed E-state index contributed by atoms with van der Waals surface area (Å²) in [6.45, 7) is 0. The van der Waals surface area contributed by atoms with E-state index in [-0.39, 0.29) is 21.5 Å². The van der Waals surface area contributed by atoms with E-state index in [0.29, 0.717) is 0 Å². The Bertz CT molecular complexity index is 613. The van der Waals surface area contributed by atoms with Gasteiger partial charge in [-0.25, -0.2) is 17.5 Å². The van der Waals surface area contributed by atoms with Gasteiger partial charge in [0.05, 0.1) is 10.5 Å². The van der Waals surface area contributed by atoms with Crippen molar-refractivity contribution >= 4 is 39.0 Å². The molecule has 2 rings (SSSR count). The van der Waals surface area contributed by atoms with Crippen LogP contribution in [0.5, 0.6) is 0 Å². The van der Waals surface area contributed by atoms with E-state index in [0.717, 1.165) is 30.4 Å². The smallest absolute Gasteiger partial charge is 0.241 e. The Hall–Kier alpha value is -0.700. The molecule has 1 saturated heterocycles. The summed E-state index contributed by atoms with van der Waals surface area (Å²) in [4.78, 5) is -0.453. The summed E-state index contributed by atoms with van der Waals surface area (Å²) >= 11 is 6.55. The van der Waals surface area contributed by atoms with Crippen LogP contribution >= 0.6 is 24.0 Å². The molecule has 3 N–H and O–H groups in total. The quantitative estimate of drug-likeness (QED) is 0.819. The Morgan fingerprint density at radius 1 is 1.40 bits per heavy atom. The van der Waals surface area contributed by atoms with E-state index in [4.69, 9.17) is 18.0 Å². The van der Waals surface area contributed by atoms with Crippen LogP contribution in [-0.2, 0) is 10.0 Å². The molecule has 20 heavy (non-hydrogen) atoms. The number of thioether (sulfide) groups is 1. The summed E-state index contributed by atoms with van der Waals surface area (Å²) in [5.41, 5.74) is 5.22. The van der Waals surface area contributed by atoms with Gasteiger partial charge in [0.15, 0.2) is 0 Å². The highest BCUT2D eigenvalue weighted by Gasteiger charge is 2.26. The molecule has 0 atom stereocenters. The second-order valence-electron chi connectivity index (χ2n) is 4.49. The first-order valence-corrected chi connectivity index (χ1v) is 9.15. The third kappa shape index (κ3) is 3.49. The van der Waals surface area contributed by atoms with Crippen LogP contribution in [-0.4, -0.2) is 31.0 Å². The van der Waals surface area contributed by atoms with E-state index in [2.05, 4.69) is 4.72 Å². The van der Waals surface area contributed by atoms with Gasteiger partial charge in [0.2, 0.25) is 10.0 Å². The van der Waals surface area contributed by atoms with Crippen LogP contribution in [0.15, 0.2) is 23.1 Å². The van der Waals surface area contributed by atoms with Gasteiger partial charge < -0.3 is 5.73 Å². The number of halogens is 1. The number of hydrogen-bond donors (Lipinski definition) is 2. The molecule has 0 unspecified atom stereocenters. The summed E-state index contributed by atoms with van der Waals surface area (Å²) in [6.07, 6.45) is 1.53. The van der Waals surface area contributed by atoms with Crippen LogP contribution < -0.4 is 10.5 Å². The van der Waals surface area contributed by atoms with Crippen molar-refractivity contribution in [1.82, 2.24) is 4.72 Å². The van der Waals surface area contributed by atoms with Gasteiger partial charge in [0.1, 0.15) is 10.8 Å². The van der Waals surface area contributed by atoms with Crippen LogP contribution in [0.4, 0.5) is 4.39 Å². The maximum atomic E-state index is 13.7. The van der Waals surface area contributed by atoms with Gasteiger partial charge in [0.25, 0.3) is 0 Å². The van der Waals surface area contributed by atoms with Crippen molar-refractivity contribution in [1.29, 1.82) is 0 Å². The number of thiocarbonyl (C=S) groups is 1. The molecule has 1 aromatic carbocycles.